The lowest BCUT2D eigenvalue weighted by molar-refractivity contribution is -0.140. The van der Waals surface area contributed by atoms with Crippen LogP contribution in [-0.2, 0) is 14.2 Å². The molecule has 0 bridgehead atoms. The van der Waals surface area contributed by atoms with E-state index in [9.17, 15) is 15.0 Å². The number of fused-ring (bicyclic) bond motifs is 1. The third-order valence-corrected chi connectivity index (χ3v) is 4.44. The van der Waals surface area contributed by atoms with E-state index in [4.69, 9.17) is 14.2 Å². The van der Waals surface area contributed by atoms with Gasteiger partial charge in [-0.15, -0.1) is 0 Å². The lowest BCUT2D eigenvalue weighted by Gasteiger charge is -2.27. The van der Waals surface area contributed by atoms with Crippen LogP contribution in [0.1, 0.15) is 48.5 Å². The molecule has 1 aliphatic heterocycles. The van der Waals surface area contributed by atoms with Crippen molar-refractivity contribution in [2.45, 2.75) is 57.0 Å². The highest BCUT2D eigenvalue weighted by molar-refractivity contribution is 5.93. The van der Waals surface area contributed by atoms with E-state index in [1.165, 1.54) is 7.11 Å². The molecule has 0 spiro atoms. The fourth-order valence-electron chi connectivity index (χ4n) is 2.97. The number of hydrogen-bond donors (Lipinski definition) is 2. The number of carbonyl (C=O) groups is 1. The van der Waals surface area contributed by atoms with Crippen LogP contribution < -0.4 is 0 Å². The molecule has 0 aromatic heterocycles. The largest absolute Gasteiger partial charge is 0.459 e. The lowest BCUT2D eigenvalue weighted by Crippen LogP contribution is -2.39. The van der Waals surface area contributed by atoms with Crippen LogP contribution in [0, 0.1) is 0 Å². The quantitative estimate of drug-likeness (QED) is 0.633. The molecule has 6 nitrogen and oxygen atoms in total. The molecule has 4 atom stereocenters. The highest BCUT2D eigenvalue weighted by atomic mass is 16.7. The molecule has 2 rings (SSSR count). The number of aliphatic hydroxyl groups is 2. The van der Waals surface area contributed by atoms with E-state index in [2.05, 4.69) is 0 Å². The Hall–Kier alpha value is -1.73. The Morgan fingerprint density at radius 2 is 2.00 bits per heavy atom. The Bertz CT molecular complexity index is 600. The molecule has 1 aromatic carbocycles. The number of cyclic esters (lactones) is 1. The second-order valence-corrected chi connectivity index (χ2v) is 6.54. The standard InChI is InChI=1S/C20H28O6/c1-14-7-5-12-18(25-13-24-2)19(22)17(21)11-6-9-15-8-3-4-10-16(15)20(23)26-14/h3-4,6,8-10,14,17-19,21-22H,5,7,11-13H2,1-2H3/b9-6+/t14-,17+,18-,19+/m0/s1. The molecular formula is C20H28O6. The summed E-state index contributed by atoms with van der Waals surface area (Å²) in [6.45, 7) is 1.89. The number of rotatable bonds is 3. The number of aliphatic hydroxyl groups excluding tert-OH is 2. The van der Waals surface area contributed by atoms with Crippen molar-refractivity contribution in [1.82, 2.24) is 0 Å². The molecular weight excluding hydrogens is 336 g/mol. The summed E-state index contributed by atoms with van der Waals surface area (Å²) in [5.74, 6) is -0.359. The highest BCUT2D eigenvalue weighted by Crippen LogP contribution is 2.20. The summed E-state index contributed by atoms with van der Waals surface area (Å²) in [7, 11) is 1.51. The second-order valence-electron chi connectivity index (χ2n) is 6.54. The maximum absolute atomic E-state index is 12.4. The molecule has 2 N–H and O–H groups in total. The fraction of sp³-hybridized carbons (Fsp3) is 0.550. The van der Waals surface area contributed by atoms with Gasteiger partial charge in [0.1, 0.15) is 12.9 Å². The van der Waals surface area contributed by atoms with Crippen LogP contribution in [0.3, 0.4) is 0 Å². The maximum atomic E-state index is 12.4. The summed E-state index contributed by atoms with van der Waals surface area (Å²) in [5.41, 5.74) is 1.21. The van der Waals surface area contributed by atoms with Crippen molar-refractivity contribution < 1.29 is 29.2 Å². The Morgan fingerprint density at radius 3 is 2.77 bits per heavy atom. The zero-order chi connectivity index (χ0) is 18.9. The Balaban J connectivity index is 2.21. The average molecular weight is 364 g/mol. The van der Waals surface area contributed by atoms with Gasteiger partial charge < -0.3 is 24.4 Å². The molecule has 0 saturated heterocycles. The molecule has 0 aliphatic carbocycles. The molecule has 0 amide bonds. The average Bonchev–Trinajstić information content (AvgIpc) is 2.63. The predicted octanol–water partition coefficient (Wildman–Crippen LogP) is 2.53. The van der Waals surface area contributed by atoms with Crippen molar-refractivity contribution in [1.29, 1.82) is 0 Å². The minimum atomic E-state index is -1.02. The molecule has 1 heterocycles. The third kappa shape index (κ3) is 5.92. The Morgan fingerprint density at radius 1 is 1.23 bits per heavy atom. The van der Waals surface area contributed by atoms with Crippen LogP contribution in [0.15, 0.2) is 30.3 Å². The van der Waals surface area contributed by atoms with Gasteiger partial charge in [0.15, 0.2) is 0 Å². The predicted molar refractivity (Wildman–Crippen MR) is 97.6 cm³/mol. The fourth-order valence-corrected chi connectivity index (χ4v) is 2.97. The van der Waals surface area contributed by atoms with Crippen LogP contribution in [0.2, 0.25) is 0 Å². The van der Waals surface area contributed by atoms with E-state index in [0.717, 1.165) is 5.56 Å². The van der Waals surface area contributed by atoms with Gasteiger partial charge in [-0.3, -0.25) is 0 Å². The number of esters is 1. The summed E-state index contributed by atoms with van der Waals surface area (Å²) in [5, 5.41) is 20.7. The molecule has 144 valence electrons. The van der Waals surface area contributed by atoms with Crippen LogP contribution >= 0.6 is 0 Å². The van der Waals surface area contributed by atoms with Crippen molar-refractivity contribution >= 4 is 12.0 Å². The van der Waals surface area contributed by atoms with E-state index >= 15 is 0 Å². The van der Waals surface area contributed by atoms with Crippen molar-refractivity contribution in [3.8, 4) is 0 Å². The molecule has 0 fully saturated rings. The second kappa shape index (κ2) is 10.4. The van der Waals surface area contributed by atoms with Crippen molar-refractivity contribution in [2.75, 3.05) is 13.9 Å². The van der Waals surface area contributed by atoms with Gasteiger partial charge >= 0.3 is 5.97 Å². The summed E-state index contributed by atoms with van der Waals surface area (Å²) in [6, 6.07) is 7.17. The van der Waals surface area contributed by atoms with E-state index in [1.807, 2.05) is 19.1 Å². The first kappa shape index (κ1) is 20.6. The minimum Gasteiger partial charge on any atom is -0.459 e. The molecule has 0 radical (unpaired) electrons. The molecule has 1 aromatic rings. The SMILES string of the molecule is COCO[C@H]1CCC[C@H](C)OC(=O)c2ccccc2/C=C/C[C@@H](O)[C@H]1O. The number of carbonyl (C=O) groups excluding carboxylic acids is 1. The van der Waals surface area contributed by atoms with Crippen LogP contribution in [0.4, 0.5) is 0 Å². The highest BCUT2D eigenvalue weighted by Gasteiger charge is 2.27. The van der Waals surface area contributed by atoms with E-state index in [0.29, 0.717) is 24.8 Å². The number of methoxy groups -OCH3 is 1. The lowest BCUT2D eigenvalue weighted by atomic mass is 9.98. The minimum absolute atomic E-state index is 0.0438. The molecule has 26 heavy (non-hydrogen) atoms. The Labute approximate surface area is 154 Å². The first-order valence-electron chi connectivity index (χ1n) is 8.96. The van der Waals surface area contributed by atoms with Crippen molar-refractivity contribution in [2.24, 2.45) is 0 Å². The van der Waals surface area contributed by atoms with E-state index in [-0.39, 0.29) is 25.3 Å². The van der Waals surface area contributed by atoms with Crippen LogP contribution in [-0.4, -0.2) is 54.5 Å². The number of ether oxygens (including phenoxy) is 3. The molecule has 6 heteroatoms. The van der Waals surface area contributed by atoms with Gasteiger partial charge in [-0.25, -0.2) is 4.79 Å². The summed E-state index contributed by atoms with van der Waals surface area (Å²) >= 11 is 0. The first-order valence-corrected chi connectivity index (χ1v) is 8.96. The van der Waals surface area contributed by atoms with Crippen molar-refractivity contribution in [3.05, 3.63) is 41.5 Å². The zero-order valence-electron chi connectivity index (χ0n) is 15.3. The monoisotopic (exact) mass is 364 g/mol. The molecule has 1 aliphatic rings. The summed E-state index contributed by atoms with van der Waals surface area (Å²) in [6.07, 6.45) is 2.81. The van der Waals surface area contributed by atoms with Crippen LogP contribution in [0.5, 0.6) is 0 Å². The topological polar surface area (TPSA) is 85.2 Å². The van der Waals surface area contributed by atoms with Gasteiger partial charge in [0, 0.05) is 7.11 Å². The van der Waals surface area contributed by atoms with Gasteiger partial charge in [0.2, 0.25) is 0 Å². The first-order chi connectivity index (χ1) is 12.5. The van der Waals surface area contributed by atoms with Gasteiger partial charge in [0.05, 0.1) is 23.9 Å². The maximum Gasteiger partial charge on any atom is 0.338 e. The van der Waals surface area contributed by atoms with Gasteiger partial charge in [-0.1, -0.05) is 30.4 Å². The molecule has 0 saturated carbocycles. The Kier molecular flexibility index (Phi) is 8.25. The smallest absolute Gasteiger partial charge is 0.338 e. The van der Waals surface area contributed by atoms with Crippen molar-refractivity contribution in [3.63, 3.8) is 0 Å². The van der Waals surface area contributed by atoms with Gasteiger partial charge in [0.25, 0.3) is 0 Å². The third-order valence-electron chi connectivity index (χ3n) is 4.44. The zero-order valence-corrected chi connectivity index (χ0v) is 15.3. The van der Waals surface area contributed by atoms with E-state index in [1.54, 1.807) is 24.3 Å². The van der Waals surface area contributed by atoms with Crippen LogP contribution in [0.25, 0.3) is 6.08 Å². The summed E-state index contributed by atoms with van der Waals surface area (Å²) in [4.78, 5) is 12.4. The van der Waals surface area contributed by atoms with Gasteiger partial charge in [-0.05, 0) is 44.2 Å². The number of hydrogen-bond acceptors (Lipinski definition) is 6. The number of benzene rings is 1. The summed E-state index contributed by atoms with van der Waals surface area (Å²) < 4.78 is 16.0. The normalized spacial score (nSPS) is 29.3. The van der Waals surface area contributed by atoms with Gasteiger partial charge in [-0.2, -0.15) is 0 Å². The van der Waals surface area contributed by atoms with E-state index < -0.39 is 18.3 Å². The molecule has 0 unspecified atom stereocenters.